The van der Waals surface area contributed by atoms with Crippen LogP contribution in [0, 0.1) is 18.8 Å². The Bertz CT molecular complexity index is 689. The fraction of sp³-hybridized carbons (Fsp3) is 0.529. The van der Waals surface area contributed by atoms with E-state index in [2.05, 4.69) is 23.4 Å². The summed E-state index contributed by atoms with van der Waals surface area (Å²) in [7, 11) is 0. The van der Waals surface area contributed by atoms with Crippen LogP contribution >= 0.6 is 0 Å². The van der Waals surface area contributed by atoms with Gasteiger partial charge in [0.1, 0.15) is 5.82 Å². The molecular weight excluding hydrogens is 264 g/mol. The Morgan fingerprint density at radius 1 is 1.29 bits per heavy atom. The summed E-state index contributed by atoms with van der Waals surface area (Å²) in [5.41, 5.74) is 2.15. The van der Waals surface area contributed by atoms with E-state index < -0.39 is 5.97 Å². The monoisotopic (exact) mass is 286 g/mol. The smallest absolute Gasteiger partial charge is 0.335 e. The number of benzene rings is 1. The normalized spacial score (nSPS) is 26.1. The lowest BCUT2D eigenvalue weighted by Crippen LogP contribution is -2.23. The van der Waals surface area contributed by atoms with Crippen LogP contribution in [0.4, 0.5) is 0 Å². The van der Waals surface area contributed by atoms with Gasteiger partial charge < -0.3 is 9.67 Å². The number of aryl methyl sites for hydroxylation is 1. The van der Waals surface area contributed by atoms with E-state index in [1.165, 1.54) is 19.3 Å². The molecule has 4 heteroatoms. The van der Waals surface area contributed by atoms with Gasteiger partial charge in [-0.2, -0.15) is 0 Å². The second-order valence-electron chi connectivity index (χ2n) is 6.46. The second-order valence-corrected chi connectivity index (χ2v) is 6.46. The summed E-state index contributed by atoms with van der Waals surface area (Å²) in [5, 5.41) is 9.10. The van der Waals surface area contributed by atoms with Crippen LogP contribution in [0.2, 0.25) is 0 Å². The highest BCUT2D eigenvalue weighted by Gasteiger charge is 2.27. The van der Waals surface area contributed by atoms with Gasteiger partial charge in [-0.05, 0) is 56.2 Å². The third-order valence-electron chi connectivity index (χ3n) is 5.05. The average Bonchev–Trinajstić information content (AvgIpc) is 2.76. The average molecular weight is 286 g/mol. The molecule has 0 saturated heterocycles. The minimum absolute atomic E-state index is 0.304. The third-order valence-corrected chi connectivity index (χ3v) is 5.05. The quantitative estimate of drug-likeness (QED) is 0.906. The van der Waals surface area contributed by atoms with Crippen LogP contribution in [0.25, 0.3) is 11.0 Å². The fourth-order valence-electron chi connectivity index (χ4n) is 3.57. The number of hydrogen-bond acceptors (Lipinski definition) is 2. The molecule has 0 radical (unpaired) electrons. The van der Waals surface area contributed by atoms with Crippen molar-refractivity contribution < 1.29 is 9.90 Å². The molecule has 0 aliphatic heterocycles. The highest BCUT2D eigenvalue weighted by atomic mass is 16.4. The fourth-order valence-corrected chi connectivity index (χ4v) is 3.57. The molecule has 3 unspecified atom stereocenters. The van der Waals surface area contributed by atoms with Gasteiger partial charge in [-0.1, -0.05) is 13.8 Å². The number of nitrogens with zero attached hydrogens (tertiary/aromatic N) is 2. The molecule has 1 aliphatic rings. The van der Waals surface area contributed by atoms with Crippen LogP contribution in [0.5, 0.6) is 0 Å². The maximum Gasteiger partial charge on any atom is 0.335 e. The van der Waals surface area contributed by atoms with Gasteiger partial charge in [-0.15, -0.1) is 0 Å². The van der Waals surface area contributed by atoms with Crippen molar-refractivity contribution in [2.24, 2.45) is 11.8 Å². The van der Waals surface area contributed by atoms with E-state index in [0.717, 1.165) is 28.7 Å². The molecule has 1 N–H and O–H groups in total. The van der Waals surface area contributed by atoms with Crippen molar-refractivity contribution >= 4 is 17.0 Å². The summed E-state index contributed by atoms with van der Waals surface area (Å²) in [6.45, 7) is 6.68. The highest BCUT2D eigenvalue weighted by Crippen LogP contribution is 2.38. The first-order valence-corrected chi connectivity index (χ1v) is 7.69. The Labute approximate surface area is 124 Å². The van der Waals surface area contributed by atoms with E-state index in [9.17, 15) is 4.79 Å². The van der Waals surface area contributed by atoms with Gasteiger partial charge in [0.2, 0.25) is 0 Å². The minimum Gasteiger partial charge on any atom is -0.478 e. The number of carboxylic acids is 1. The minimum atomic E-state index is -0.899. The lowest BCUT2D eigenvalue weighted by Gasteiger charge is -2.33. The summed E-state index contributed by atoms with van der Waals surface area (Å²) in [5.74, 6) is 1.59. The maximum absolute atomic E-state index is 11.1. The van der Waals surface area contributed by atoms with Crippen molar-refractivity contribution in [1.29, 1.82) is 0 Å². The summed E-state index contributed by atoms with van der Waals surface area (Å²) in [6.07, 6.45) is 3.60. The lowest BCUT2D eigenvalue weighted by atomic mass is 9.79. The zero-order valence-corrected chi connectivity index (χ0v) is 12.8. The van der Waals surface area contributed by atoms with E-state index in [1.807, 2.05) is 13.0 Å². The van der Waals surface area contributed by atoms with Crippen molar-refractivity contribution in [3.05, 3.63) is 29.6 Å². The van der Waals surface area contributed by atoms with Crippen molar-refractivity contribution in [3.8, 4) is 0 Å². The second kappa shape index (κ2) is 5.17. The Morgan fingerprint density at radius 3 is 2.71 bits per heavy atom. The number of hydrogen-bond donors (Lipinski definition) is 1. The van der Waals surface area contributed by atoms with Crippen LogP contribution < -0.4 is 0 Å². The molecule has 112 valence electrons. The van der Waals surface area contributed by atoms with Gasteiger partial charge in [0, 0.05) is 6.04 Å². The van der Waals surface area contributed by atoms with Crippen LogP contribution in [0.3, 0.4) is 0 Å². The van der Waals surface area contributed by atoms with Crippen molar-refractivity contribution in [1.82, 2.24) is 9.55 Å². The van der Waals surface area contributed by atoms with Crippen molar-refractivity contribution in [2.45, 2.75) is 46.1 Å². The molecule has 0 amide bonds. The first-order valence-electron chi connectivity index (χ1n) is 7.69. The van der Waals surface area contributed by atoms with E-state index in [4.69, 9.17) is 5.11 Å². The molecular formula is C17H22N2O2. The third kappa shape index (κ3) is 2.43. The molecule has 1 fully saturated rings. The molecule has 3 atom stereocenters. The molecule has 0 spiro atoms. The Kier molecular flexibility index (Phi) is 3.47. The Balaban J connectivity index is 2.02. The van der Waals surface area contributed by atoms with E-state index >= 15 is 0 Å². The predicted molar refractivity (Wildman–Crippen MR) is 82.6 cm³/mol. The molecule has 21 heavy (non-hydrogen) atoms. The molecule has 3 rings (SSSR count). The Morgan fingerprint density at radius 2 is 2.05 bits per heavy atom. The van der Waals surface area contributed by atoms with Crippen LogP contribution in [-0.2, 0) is 0 Å². The molecule has 1 saturated carbocycles. The van der Waals surface area contributed by atoms with Crippen molar-refractivity contribution in [3.63, 3.8) is 0 Å². The molecule has 4 nitrogen and oxygen atoms in total. The number of aromatic carboxylic acids is 1. The summed E-state index contributed by atoms with van der Waals surface area (Å²) < 4.78 is 2.31. The van der Waals surface area contributed by atoms with E-state index in [-0.39, 0.29) is 0 Å². The number of aromatic nitrogens is 2. The van der Waals surface area contributed by atoms with Gasteiger partial charge in [0.05, 0.1) is 16.6 Å². The van der Waals surface area contributed by atoms with Gasteiger partial charge in [0.25, 0.3) is 0 Å². The number of carboxylic acid groups (broad SMARTS) is 1. The van der Waals surface area contributed by atoms with Crippen LogP contribution in [0.15, 0.2) is 18.2 Å². The standard InChI is InChI=1S/C17H22N2O2/c1-10-4-6-14(8-11(10)2)19-12(3)18-15-9-13(17(20)21)5-7-16(15)19/h5,7,9-11,14H,4,6,8H2,1-3H3,(H,20,21). The molecule has 1 aliphatic carbocycles. The van der Waals surface area contributed by atoms with Gasteiger partial charge in [-0.25, -0.2) is 9.78 Å². The predicted octanol–water partition coefficient (Wildman–Crippen LogP) is 4.04. The van der Waals surface area contributed by atoms with Gasteiger partial charge >= 0.3 is 5.97 Å². The maximum atomic E-state index is 11.1. The number of fused-ring (bicyclic) bond motifs is 1. The zero-order chi connectivity index (χ0) is 15.1. The summed E-state index contributed by atoms with van der Waals surface area (Å²) in [6, 6.07) is 5.74. The van der Waals surface area contributed by atoms with E-state index in [1.54, 1.807) is 12.1 Å². The first kappa shape index (κ1) is 14.1. The SMILES string of the molecule is Cc1nc2cc(C(=O)O)ccc2n1C1CCC(C)C(C)C1. The number of rotatable bonds is 2. The van der Waals surface area contributed by atoms with Gasteiger partial charge in [-0.3, -0.25) is 0 Å². The topological polar surface area (TPSA) is 55.1 Å². The first-order chi connectivity index (χ1) is 9.97. The number of imidazole rings is 1. The van der Waals surface area contributed by atoms with Crippen molar-refractivity contribution in [2.75, 3.05) is 0 Å². The molecule has 0 bridgehead atoms. The zero-order valence-electron chi connectivity index (χ0n) is 12.8. The molecule has 1 aromatic carbocycles. The van der Waals surface area contributed by atoms with Crippen LogP contribution in [0.1, 0.15) is 55.3 Å². The van der Waals surface area contributed by atoms with E-state index in [0.29, 0.717) is 11.6 Å². The lowest BCUT2D eigenvalue weighted by molar-refractivity contribution is 0.0697. The Hall–Kier alpha value is -1.84. The molecule has 2 aromatic rings. The summed E-state index contributed by atoms with van der Waals surface area (Å²) >= 11 is 0. The van der Waals surface area contributed by atoms with Gasteiger partial charge in [0.15, 0.2) is 0 Å². The molecule has 1 heterocycles. The summed E-state index contributed by atoms with van der Waals surface area (Å²) in [4.78, 5) is 15.7. The highest BCUT2D eigenvalue weighted by molar-refractivity contribution is 5.92. The van der Waals surface area contributed by atoms with Crippen LogP contribution in [-0.4, -0.2) is 20.6 Å². The largest absolute Gasteiger partial charge is 0.478 e. The number of carbonyl (C=O) groups is 1. The molecule has 1 aromatic heterocycles.